The minimum Gasteiger partial charge on any atom is -0.384 e. The second kappa shape index (κ2) is 4.10. The molecule has 1 aromatic rings. The van der Waals surface area contributed by atoms with Crippen LogP contribution in [0.1, 0.15) is 43.9 Å². The predicted octanol–water partition coefficient (Wildman–Crippen LogP) is 2.51. The molecule has 0 aliphatic heterocycles. The van der Waals surface area contributed by atoms with Crippen molar-refractivity contribution in [2.45, 2.75) is 44.6 Å². The Morgan fingerprint density at radius 1 is 1.47 bits per heavy atom. The summed E-state index contributed by atoms with van der Waals surface area (Å²) >= 11 is 1.40. The molecule has 1 heterocycles. The number of aromatic nitrogens is 1. The second-order valence-corrected chi connectivity index (χ2v) is 5.61. The molecule has 0 aromatic carbocycles. The Hall–Kier alpha value is -0.610. The summed E-state index contributed by atoms with van der Waals surface area (Å²) in [4.78, 5) is 4.92. The third-order valence-corrected chi connectivity index (χ3v) is 4.48. The number of nitrogens with two attached hydrogens (primary N) is 1. The standard InChI is InChI=1S/C11H18N2OS/c1-11(14,8-5-3-2-4-6-8)9-7-13-10(12)15-9/h7-8,14H,2-6H2,1H3,(H2,12,13). The molecule has 4 heteroatoms. The number of nitrogens with zero attached hydrogens (tertiary/aromatic N) is 1. The lowest BCUT2D eigenvalue weighted by Gasteiger charge is -2.34. The highest BCUT2D eigenvalue weighted by Crippen LogP contribution is 2.41. The lowest BCUT2D eigenvalue weighted by Crippen LogP contribution is -2.32. The van der Waals surface area contributed by atoms with Crippen molar-refractivity contribution in [3.8, 4) is 0 Å². The largest absolute Gasteiger partial charge is 0.384 e. The molecule has 0 radical (unpaired) electrons. The van der Waals surface area contributed by atoms with Gasteiger partial charge < -0.3 is 10.8 Å². The van der Waals surface area contributed by atoms with E-state index in [2.05, 4.69) is 4.98 Å². The molecular weight excluding hydrogens is 208 g/mol. The first-order chi connectivity index (χ1) is 7.10. The Morgan fingerprint density at radius 3 is 2.67 bits per heavy atom. The molecule has 1 saturated carbocycles. The number of anilines is 1. The molecule has 0 spiro atoms. The van der Waals surface area contributed by atoms with Crippen molar-refractivity contribution in [1.29, 1.82) is 0 Å². The molecule has 15 heavy (non-hydrogen) atoms. The van der Waals surface area contributed by atoms with Crippen molar-refractivity contribution in [2.75, 3.05) is 5.73 Å². The van der Waals surface area contributed by atoms with Crippen LogP contribution in [0, 0.1) is 5.92 Å². The summed E-state index contributed by atoms with van der Waals surface area (Å²) < 4.78 is 0. The summed E-state index contributed by atoms with van der Waals surface area (Å²) in [6, 6.07) is 0. The number of nitrogen functional groups attached to an aromatic ring is 1. The summed E-state index contributed by atoms with van der Waals surface area (Å²) in [5, 5.41) is 11.1. The number of aliphatic hydroxyl groups is 1. The average molecular weight is 226 g/mol. The van der Waals surface area contributed by atoms with Gasteiger partial charge in [-0.15, -0.1) is 0 Å². The average Bonchev–Trinajstić information content (AvgIpc) is 2.67. The molecular formula is C11H18N2OS. The van der Waals surface area contributed by atoms with E-state index in [0.717, 1.165) is 17.7 Å². The van der Waals surface area contributed by atoms with Crippen molar-refractivity contribution in [1.82, 2.24) is 4.98 Å². The fourth-order valence-corrected chi connectivity index (χ4v) is 3.20. The first-order valence-electron chi connectivity index (χ1n) is 5.55. The molecule has 0 saturated heterocycles. The normalized spacial score (nSPS) is 22.5. The number of rotatable bonds is 2. The van der Waals surface area contributed by atoms with Crippen LogP contribution in [0.25, 0.3) is 0 Å². The van der Waals surface area contributed by atoms with E-state index in [1.54, 1.807) is 6.20 Å². The zero-order valence-corrected chi connectivity index (χ0v) is 9.89. The summed E-state index contributed by atoms with van der Waals surface area (Å²) in [5.41, 5.74) is 4.86. The van der Waals surface area contributed by atoms with Crippen LogP contribution in [0.4, 0.5) is 5.13 Å². The van der Waals surface area contributed by atoms with Crippen LogP contribution >= 0.6 is 11.3 Å². The fourth-order valence-electron chi connectivity index (χ4n) is 2.39. The minimum atomic E-state index is -0.740. The van der Waals surface area contributed by atoms with Crippen LogP contribution in [0.2, 0.25) is 0 Å². The summed E-state index contributed by atoms with van der Waals surface area (Å²) in [7, 11) is 0. The van der Waals surface area contributed by atoms with Crippen LogP contribution < -0.4 is 5.73 Å². The third-order valence-electron chi connectivity index (χ3n) is 3.42. The SMILES string of the molecule is CC(O)(c1cnc(N)s1)C1CCCCC1. The van der Waals surface area contributed by atoms with Crippen molar-refractivity contribution in [3.05, 3.63) is 11.1 Å². The molecule has 3 nitrogen and oxygen atoms in total. The van der Waals surface area contributed by atoms with Gasteiger partial charge in [-0.3, -0.25) is 0 Å². The Balaban J connectivity index is 2.17. The Kier molecular flexibility index (Phi) is 2.98. The zero-order chi connectivity index (χ0) is 10.9. The molecule has 1 aliphatic carbocycles. The number of thiazole rings is 1. The van der Waals surface area contributed by atoms with Gasteiger partial charge in [-0.2, -0.15) is 0 Å². The zero-order valence-electron chi connectivity index (χ0n) is 9.07. The second-order valence-electron chi connectivity index (χ2n) is 4.55. The first kappa shape index (κ1) is 10.9. The van der Waals surface area contributed by atoms with Gasteiger partial charge in [-0.25, -0.2) is 4.98 Å². The number of hydrogen-bond acceptors (Lipinski definition) is 4. The molecule has 0 bridgehead atoms. The maximum atomic E-state index is 10.5. The van der Waals surface area contributed by atoms with E-state index < -0.39 is 5.60 Å². The Bertz CT molecular complexity index is 329. The molecule has 1 aliphatic rings. The van der Waals surface area contributed by atoms with Gasteiger partial charge in [0.1, 0.15) is 5.60 Å². The highest BCUT2D eigenvalue weighted by Gasteiger charge is 2.35. The van der Waals surface area contributed by atoms with E-state index in [1.807, 2.05) is 6.92 Å². The van der Waals surface area contributed by atoms with Crippen molar-refractivity contribution in [3.63, 3.8) is 0 Å². The topological polar surface area (TPSA) is 59.1 Å². The number of hydrogen-bond donors (Lipinski definition) is 2. The van der Waals surface area contributed by atoms with E-state index >= 15 is 0 Å². The minimum absolute atomic E-state index is 0.367. The fraction of sp³-hybridized carbons (Fsp3) is 0.727. The molecule has 84 valence electrons. The van der Waals surface area contributed by atoms with Gasteiger partial charge >= 0.3 is 0 Å². The molecule has 2 rings (SSSR count). The van der Waals surface area contributed by atoms with Gasteiger partial charge in [0.15, 0.2) is 5.13 Å². The lowest BCUT2D eigenvalue weighted by atomic mass is 9.77. The van der Waals surface area contributed by atoms with E-state index in [1.165, 1.54) is 30.6 Å². The van der Waals surface area contributed by atoms with Gasteiger partial charge in [-0.1, -0.05) is 30.6 Å². The lowest BCUT2D eigenvalue weighted by molar-refractivity contribution is -0.0184. The predicted molar refractivity (Wildman–Crippen MR) is 62.7 cm³/mol. The molecule has 1 fully saturated rings. The Morgan fingerprint density at radius 2 is 2.13 bits per heavy atom. The van der Waals surface area contributed by atoms with E-state index in [9.17, 15) is 5.11 Å². The third kappa shape index (κ3) is 2.16. The van der Waals surface area contributed by atoms with Crippen LogP contribution in [0.3, 0.4) is 0 Å². The highest BCUT2D eigenvalue weighted by atomic mass is 32.1. The van der Waals surface area contributed by atoms with Crippen molar-refractivity contribution in [2.24, 2.45) is 5.92 Å². The Labute approximate surface area is 94.3 Å². The van der Waals surface area contributed by atoms with Crippen LogP contribution in [0.5, 0.6) is 0 Å². The highest BCUT2D eigenvalue weighted by molar-refractivity contribution is 7.15. The summed E-state index contributed by atoms with van der Waals surface area (Å²) in [6.45, 7) is 1.90. The van der Waals surface area contributed by atoms with Crippen LogP contribution in [-0.4, -0.2) is 10.1 Å². The van der Waals surface area contributed by atoms with E-state index in [4.69, 9.17) is 5.73 Å². The quantitative estimate of drug-likeness (QED) is 0.814. The summed E-state index contributed by atoms with van der Waals surface area (Å²) in [5.74, 6) is 0.367. The van der Waals surface area contributed by atoms with Crippen LogP contribution in [0.15, 0.2) is 6.20 Å². The van der Waals surface area contributed by atoms with Gasteiger partial charge in [0.25, 0.3) is 0 Å². The van der Waals surface area contributed by atoms with Gasteiger partial charge in [0.2, 0.25) is 0 Å². The maximum Gasteiger partial charge on any atom is 0.180 e. The summed E-state index contributed by atoms with van der Waals surface area (Å²) in [6.07, 6.45) is 7.71. The smallest absolute Gasteiger partial charge is 0.180 e. The van der Waals surface area contributed by atoms with Gasteiger partial charge in [0, 0.05) is 6.20 Å². The van der Waals surface area contributed by atoms with Crippen LogP contribution in [-0.2, 0) is 5.60 Å². The molecule has 0 amide bonds. The first-order valence-corrected chi connectivity index (χ1v) is 6.36. The van der Waals surface area contributed by atoms with Gasteiger partial charge in [-0.05, 0) is 25.7 Å². The molecule has 3 N–H and O–H groups in total. The molecule has 1 unspecified atom stereocenters. The van der Waals surface area contributed by atoms with Crippen molar-refractivity contribution >= 4 is 16.5 Å². The molecule has 1 aromatic heterocycles. The molecule has 1 atom stereocenters. The van der Waals surface area contributed by atoms with Crippen molar-refractivity contribution < 1.29 is 5.11 Å². The maximum absolute atomic E-state index is 10.5. The monoisotopic (exact) mass is 226 g/mol. The van der Waals surface area contributed by atoms with E-state index in [0.29, 0.717) is 11.0 Å². The van der Waals surface area contributed by atoms with E-state index in [-0.39, 0.29) is 0 Å². The van der Waals surface area contributed by atoms with Gasteiger partial charge in [0.05, 0.1) is 4.88 Å².